The first-order valence-corrected chi connectivity index (χ1v) is 6.28. The first-order valence-electron chi connectivity index (χ1n) is 6.28. The van der Waals surface area contributed by atoms with Crippen molar-refractivity contribution in [3.8, 4) is 0 Å². The van der Waals surface area contributed by atoms with Crippen molar-refractivity contribution in [3.63, 3.8) is 0 Å². The zero-order valence-electron chi connectivity index (χ0n) is 9.80. The molecule has 1 saturated carbocycles. The summed E-state index contributed by atoms with van der Waals surface area (Å²) >= 11 is 0. The van der Waals surface area contributed by atoms with Gasteiger partial charge in [0.25, 0.3) is 0 Å². The minimum atomic E-state index is 0.484. The van der Waals surface area contributed by atoms with E-state index in [9.17, 15) is 4.79 Å². The Hall–Kier alpha value is -1.64. The molecule has 1 fully saturated rings. The van der Waals surface area contributed by atoms with Gasteiger partial charge >= 0.3 is 0 Å². The molecule has 0 radical (unpaired) electrons. The lowest BCUT2D eigenvalue weighted by molar-refractivity contribution is -0.107. The number of carbonyl (C=O) groups excluding carboxylic acids is 1. The Kier molecular flexibility index (Phi) is 2.67. The quantitative estimate of drug-likeness (QED) is 0.757. The first-order chi connectivity index (χ1) is 8.38. The van der Waals surface area contributed by atoms with Gasteiger partial charge in [-0.2, -0.15) is 0 Å². The smallest absolute Gasteiger partial charge is 0.124 e. The van der Waals surface area contributed by atoms with Crippen molar-refractivity contribution in [2.24, 2.45) is 0 Å². The lowest BCUT2D eigenvalue weighted by Gasteiger charge is -2.08. The number of hydrogen-bond acceptors (Lipinski definition) is 2. The predicted octanol–water partition coefficient (Wildman–Crippen LogP) is 2.73. The lowest BCUT2D eigenvalue weighted by atomic mass is 10.1. The number of nitrogens with zero attached hydrogens (tertiary/aromatic N) is 2. The van der Waals surface area contributed by atoms with Gasteiger partial charge in [0.15, 0.2) is 0 Å². The van der Waals surface area contributed by atoms with E-state index < -0.39 is 0 Å². The van der Waals surface area contributed by atoms with Crippen LogP contribution in [0.4, 0.5) is 0 Å². The van der Waals surface area contributed by atoms with Crippen LogP contribution < -0.4 is 0 Å². The van der Waals surface area contributed by atoms with Crippen molar-refractivity contribution in [3.05, 3.63) is 35.9 Å². The van der Waals surface area contributed by atoms with Crippen molar-refractivity contribution < 1.29 is 4.79 Å². The van der Waals surface area contributed by atoms with Crippen molar-refractivity contribution in [1.29, 1.82) is 0 Å². The zero-order valence-corrected chi connectivity index (χ0v) is 9.80. The van der Waals surface area contributed by atoms with E-state index in [1.54, 1.807) is 0 Å². The van der Waals surface area contributed by atoms with Gasteiger partial charge in [0.05, 0.1) is 11.7 Å². The third-order valence-electron chi connectivity index (χ3n) is 3.66. The molecule has 1 aliphatic rings. The van der Waals surface area contributed by atoms with E-state index in [2.05, 4.69) is 15.6 Å². The Morgan fingerprint density at radius 3 is 2.94 bits per heavy atom. The molecule has 2 aromatic rings. The topological polar surface area (TPSA) is 34.4 Å². The fourth-order valence-electron chi connectivity index (χ4n) is 2.76. The average molecular weight is 228 g/mol. The molecule has 0 atom stereocenters. The number of rotatable bonds is 3. The molecular weight excluding hydrogens is 212 g/mol. The summed E-state index contributed by atoms with van der Waals surface area (Å²) in [5, 5.41) is 0. The van der Waals surface area contributed by atoms with Gasteiger partial charge in [0, 0.05) is 18.5 Å². The highest BCUT2D eigenvalue weighted by atomic mass is 16.1. The SMILES string of the molecule is O=CCc1ccc2cnc(C3CCCC3)n2c1. The lowest BCUT2D eigenvalue weighted by Crippen LogP contribution is -2.01. The van der Waals surface area contributed by atoms with Gasteiger partial charge < -0.3 is 9.20 Å². The molecular formula is C14H16N2O. The maximum atomic E-state index is 10.6. The number of pyridine rings is 1. The van der Waals surface area contributed by atoms with E-state index in [0.29, 0.717) is 12.3 Å². The summed E-state index contributed by atoms with van der Waals surface area (Å²) in [6.07, 6.45) is 10.5. The molecule has 0 bridgehead atoms. The Morgan fingerprint density at radius 1 is 1.35 bits per heavy atom. The van der Waals surface area contributed by atoms with E-state index in [1.165, 1.54) is 31.5 Å². The van der Waals surface area contributed by atoms with Crippen molar-refractivity contribution >= 4 is 11.8 Å². The van der Waals surface area contributed by atoms with Crippen LogP contribution in [0.15, 0.2) is 24.5 Å². The minimum Gasteiger partial charge on any atom is -0.303 e. The normalized spacial score (nSPS) is 16.7. The Balaban J connectivity index is 2.05. The Bertz CT molecular complexity index is 538. The highest BCUT2D eigenvalue weighted by Crippen LogP contribution is 2.33. The van der Waals surface area contributed by atoms with E-state index in [1.807, 2.05) is 18.3 Å². The van der Waals surface area contributed by atoms with Gasteiger partial charge in [-0.25, -0.2) is 4.98 Å². The fourth-order valence-corrected chi connectivity index (χ4v) is 2.76. The molecule has 0 aliphatic heterocycles. The number of fused-ring (bicyclic) bond motifs is 1. The molecule has 0 unspecified atom stereocenters. The van der Waals surface area contributed by atoms with Gasteiger partial charge in [-0.3, -0.25) is 0 Å². The van der Waals surface area contributed by atoms with Crippen LogP contribution in [0.5, 0.6) is 0 Å². The second-order valence-corrected chi connectivity index (χ2v) is 4.80. The summed E-state index contributed by atoms with van der Waals surface area (Å²) in [5.74, 6) is 1.77. The molecule has 3 heteroatoms. The van der Waals surface area contributed by atoms with Crippen LogP contribution in [0.25, 0.3) is 5.52 Å². The third-order valence-corrected chi connectivity index (χ3v) is 3.66. The molecule has 2 aromatic heterocycles. The van der Waals surface area contributed by atoms with Crippen LogP contribution in [0, 0.1) is 0 Å². The highest BCUT2D eigenvalue weighted by molar-refractivity contribution is 5.56. The molecule has 0 saturated heterocycles. The third kappa shape index (κ3) is 1.86. The van der Waals surface area contributed by atoms with Crippen LogP contribution in [0.2, 0.25) is 0 Å². The van der Waals surface area contributed by atoms with E-state index in [0.717, 1.165) is 17.4 Å². The summed E-state index contributed by atoms with van der Waals surface area (Å²) in [6.45, 7) is 0. The van der Waals surface area contributed by atoms with Gasteiger partial charge in [-0.15, -0.1) is 0 Å². The van der Waals surface area contributed by atoms with Crippen molar-refractivity contribution in [2.45, 2.75) is 38.0 Å². The second kappa shape index (κ2) is 4.32. The summed E-state index contributed by atoms with van der Waals surface area (Å²) in [5.41, 5.74) is 2.19. The maximum Gasteiger partial charge on any atom is 0.124 e. The zero-order chi connectivity index (χ0) is 11.7. The maximum absolute atomic E-state index is 10.6. The predicted molar refractivity (Wildman–Crippen MR) is 66.2 cm³/mol. The van der Waals surface area contributed by atoms with E-state index in [4.69, 9.17) is 0 Å². The molecule has 17 heavy (non-hydrogen) atoms. The number of hydrogen-bond donors (Lipinski definition) is 0. The molecule has 0 spiro atoms. The van der Waals surface area contributed by atoms with Crippen LogP contribution >= 0.6 is 0 Å². The van der Waals surface area contributed by atoms with E-state index in [-0.39, 0.29) is 0 Å². The van der Waals surface area contributed by atoms with Crippen LogP contribution in [-0.4, -0.2) is 15.7 Å². The second-order valence-electron chi connectivity index (χ2n) is 4.80. The van der Waals surface area contributed by atoms with Gasteiger partial charge in [-0.1, -0.05) is 18.9 Å². The molecule has 0 amide bonds. The summed E-state index contributed by atoms with van der Waals surface area (Å²) in [4.78, 5) is 15.1. The molecule has 2 heterocycles. The average Bonchev–Trinajstić information content (AvgIpc) is 2.96. The highest BCUT2D eigenvalue weighted by Gasteiger charge is 2.21. The van der Waals surface area contributed by atoms with Gasteiger partial charge in [0.1, 0.15) is 12.1 Å². The monoisotopic (exact) mass is 228 g/mol. The standard InChI is InChI=1S/C14H16N2O/c17-8-7-11-5-6-13-9-15-14(16(13)10-11)12-3-1-2-4-12/h5-6,8-10,12H,1-4,7H2. The number of carbonyl (C=O) groups is 1. The van der Waals surface area contributed by atoms with Crippen LogP contribution in [0.3, 0.4) is 0 Å². The molecule has 0 aromatic carbocycles. The molecule has 1 aliphatic carbocycles. The fraction of sp³-hybridized carbons (Fsp3) is 0.429. The first kappa shape index (κ1) is 10.5. The largest absolute Gasteiger partial charge is 0.303 e. The van der Waals surface area contributed by atoms with Gasteiger partial charge in [0.2, 0.25) is 0 Å². The number of aldehydes is 1. The Morgan fingerprint density at radius 2 is 2.18 bits per heavy atom. The molecule has 3 rings (SSSR count). The van der Waals surface area contributed by atoms with Crippen LogP contribution in [0.1, 0.15) is 43.0 Å². The molecule has 88 valence electrons. The van der Waals surface area contributed by atoms with Crippen molar-refractivity contribution in [1.82, 2.24) is 9.38 Å². The number of imidazole rings is 1. The summed E-state index contributed by atoms with van der Waals surface area (Å²) in [7, 11) is 0. The Labute approximate surface area is 100 Å². The number of aromatic nitrogens is 2. The summed E-state index contributed by atoms with van der Waals surface area (Å²) < 4.78 is 2.16. The minimum absolute atomic E-state index is 0.484. The van der Waals surface area contributed by atoms with Gasteiger partial charge in [-0.05, 0) is 24.5 Å². The summed E-state index contributed by atoms with van der Waals surface area (Å²) in [6, 6.07) is 4.05. The van der Waals surface area contributed by atoms with Crippen LogP contribution in [-0.2, 0) is 11.2 Å². The molecule has 3 nitrogen and oxygen atoms in total. The van der Waals surface area contributed by atoms with E-state index >= 15 is 0 Å². The molecule has 0 N–H and O–H groups in total. The van der Waals surface area contributed by atoms with Crippen molar-refractivity contribution in [2.75, 3.05) is 0 Å².